The topological polar surface area (TPSA) is 4.93 Å². The van der Waals surface area contributed by atoms with Gasteiger partial charge in [0.15, 0.2) is 0 Å². The molecule has 0 saturated carbocycles. The molecule has 2 aromatic heterocycles. The molecular formula is C58H41NS. The summed E-state index contributed by atoms with van der Waals surface area (Å²) in [5.41, 5.74) is 18.2. The Hall–Kier alpha value is -7.26. The lowest BCUT2D eigenvalue weighted by Gasteiger charge is -2.17. The standard InChI is InChI=1S/C58H41NS/c1-38-17-9-10-22-45(38)51-34-42(29-31-46(51)39(2)33-40-18-5-3-6-19-40)43-30-32-56-52(35-43)49-25-13-15-27-55(49)59(56)44-36-53(58-54(37-44)50-26-14-16-28-57(50)60-58)48-24-12-11-23-47(48)41-20-7-4-8-21-41/h3-32,34-37H,2,33H2,1H3. The van der Waals surface area contributed by atoms with Gasteiger partial charge in [-0.1, -0.05) is 170 Å². The Morgan fingerprint density at radius 1 is 0.450 bits per heavy atom. The fraction of sp³-hybridized carbons (Fsp3) is 0.0345. The van der Waals surface area contributed by atoms with Crippen molar-refractivity contribution in [1.82, 2.24) is 4.57 Å². The highest BCUT2D eigenvalue weighted by Crippen LogP contribution is 2.46. The fourth-order valence-corrected chi connectivity index (χ4v) is 10.4. The first kappa shape index (κ1) is 35.9. The lowest BCUT2D eigenvalue weighted by molar-refractivity contribution is 1.19. The molecule has 0 atom stereocenters. The molecule has 0 spiro atoms. The van der Waals surface area contributed by atoms with E-state index in [9.17, 15) is 0 Å². The molecule has 1 nitrogen and oxygen atoms in total. The normalized spacial score (nSPS) is 11.6. The van der Waals surface area contributed by atoms with E-state index in [0.717, 1.165) is 17.7 Å². The van der Waals surface area contributed by atoms with Crippen LogP contribution in [0.15, 0.2) is 213 Å². The Labute approximate surface area is 354 Å². The minimum atomic E-state index is 0.803. The average Bonchev–Trinajstić information content (AvgIpc) is 3.85. The molecule has 2 heterocycles. The van der Waals surface area contributed by atoms with E-state index in [1.54, 1.807) is 0 Å². The molecule has 0 amide bonds. The number of aryl methyl sites for hydroxylation is 1. The first-order chi connectivity index (χ1) is 29.6. The molecule has 60 heavy (non-hydrogen) atoms. The van der Waals surface area contributed by atoms with Crippen molar-refractivity contribution in [1.29, 1.82) is 0 Å². The second-order valence-electron chi connectivity index (χ2n) is 15.8. The van der Waals surface area contributed by atoms with Gasteiger partial charge in [0.1, 0.15) is 0 Å². The van der Waals surface area contributed by atoms with E-state index in [1.807, 2.05) is 11.3 Å². The molecule has 0 fully saturated rings. The second-order valence-corrected chi connectivity index (χ2v) is 16.9. The van der Waals surface area contributed by atoms with Crippen LogP contribution in [0.3, 0.4) is 0 Å². The van der Waals surface area contributed by atoms with Gasteiger partial charge in [0.05, 0.1) is 11.0 Å². The van der Waals surface area contributed by atoms with E-state index >= 15 is 0 Å². The summed E-state index contributed by atoms with van der Waals surface area (Å²) in [5, 5.41) is 5.05. The van der Waals surface area contributed by atoms with Gasteiger partial charge in [0.2, 0.25) is 0 Å². The highest BCUT2D eigenvalue weighted by atomic mass is 32.1. The van der Waals surface area contributed by atoms with Crippen LogP contribution in [0.5, 0.6) is 0 Å². The summed E-state index contributed by atoms with van der Waals surface area (Å²) in [4.78, 5) is 0. The van der Waals surface area contributed by atoms with Crippen LogP contribution in [-0.4, -0.2) is 4.57 Å². The minimum absolute atomic E-state index is 0.803. The second kappa shape index (κ2) is 14.8. The van der Waals surface area contributed by atoms with Gasteiger partial charge >= 0.3 is 0 Å². The van der Waals surface area contributed by atoms with Crippen LogP contribution in [0.1, 0.15) is 16.7 Å². The monoisotopic (exact) mass is 783 g/mol. The van der Waals surface area contributed by atoms with Crippen LogP contribution in [0.2, 0.25) is 0 Å². The quantitative estimate of drug-likeness (QED) is 0.145. The Balaban J connectivity index is 1.10. The average molecular weight is 784 g/mol. The Morgan fingerprint density at radius 2 is 1.08 bits per heavy atom. The van der Waals surface area contributed by atoms with Crippen molar-refractivity contribution in [2.75, 3.05) is 0 Å². The number of nitrogens with zero attached hydrogens (tertiary/aromatic N) is 1. The summed E-state index contributed by atoms with van der Waals surface area (Å²) in [6, 6.07) is 75.5. The number of fused-ring (bicyclic) bond motifs is 6. The van der Waals surface area contributed by atoms with E-state index in [-0.39, 0.29) is 0 Å². The predicted molar refractivity (Wildman–Crippen MR) is 259 cm³/mol. The van der Waals surface area contributed by atoms with Crippen molar-refractivity contribution in [2.24, 2.45) is 0 Å². The van der Waals surface area contributed by atoms with Crippen LogP contribution in [-0.2, 0) is 6.42 Å². The summed E-state index contributed by atoms with van der Waals surface area (Å²) in [6.45, 7) is 6.82. The van der Waals surface area contributed by atoms with Gasteiger partial charge in [-0.15, -0.1) is 11.3 Å². The van der Waals surface area contributed by atoms with Gasteiger partial charge in [-0.25, -0.2) is 0 Å². The van der Waals surface area contributed by atoms with E-state index in [1.165, 1.54) is 103 Å². The van der Waals surface area contributed by atoms with Crippen molar-refractivity contribution >= 4 is 58.9 Å². The van der Waals surface area contributed by atoms with Gasteiger partial charge in [-0.05, 0) is 117 Å². The molecule has 0 radical (unpaired) electrons. The molecule has 0 N–H and O–H groups in total. The number of para-hydroxylation sites is 1. The van der Waals surface area contributed by atoms with Crippen LogP contribution in [0.4, 0.5) is 0 Å². The van der Waals surface area contributed by atoms with Gasteiger partial charge < -0.3 is 4.57 Å². The molecule has 11 aromatic rings. The van der Waals surface area contributed by atoms with E-state index in [0.29, 0.717) is 0 Å². The maximum atomic E-state index is 4.62. The van der Waals surface area contributed by atoms with Crippen molar-refractivity contribution in [3.05, 3.63) is 230 Å². The SMILES string of the molecule is C=C(Cc1ccccc1)c1ccc(-c2ccc3c(c2)c2ccccc2n3-c2cc(-c3ccccc3-c3ccccc3)c3sc4ccccc4c3c2)cc1-c1ccccc1C. The molecule has 11 rings (SSSR count). The Kier molecular flexibility index (Phi) is 8.87. The Bertz CT molecular complexity index is 3420. The summed E-state index contributed by atoms with van der Waals surface area (Å²) < 4.78 is 5.09. The summed E-state index contributed by atoms with van der Waals surface area (Å²) >= 11 is 1.89. The summed E-state index contributed by atoms with van der Waals surface area (Å²) in [5.74, 6) is 0. The molecule has 0 saturated heterocycles. The number of hydrogen-bond donors (Lipinski definition) is 0. The van der Waals surface area contributed by atoms with Crippen molar-refractivity contribution < 1.29 is 0 Å². The zero-order chi connectivity index (χ0) is 40.2. The molecule has 0 aliphatic carbocycles. The number of aromatic nitrogens is 1. The van der Waals surface area contributed by atoms with Crippen LogP contribution < -0.4 is 0 Å². The molecule has 0 aliphatic heterocycles. The highest BCUT2D eigenvalue weighted by Gasteiger charge is 2.20. The maximum Gasteiger partial charge on any atom is 0.0541 e. The van der Waals surface area contributed by atoms with Crippen LogP contribution >= 0.6 is 11.3 Å². The van der Waals surface area contributed by atoms with Crippen molar-refractivity contribution in [2.45, 2.75) is 13.3 Å². The first-order valence-electron chi connectivity index (χ1n) is 20.7. The smallest absolute Gasteiger partial charge is 0.0541 e. The molecule has 0 aliphatic rings. The van der Waals surface area contributed by atoms with Crippen molar-refractivity contribution in [3.8, 4) is 50.2 Å². The zero-order valence-electron chi connectivity index (χ0n) is 33.4. The van der Waals surface area contributed by atoms with Crippen LogP contribution in [0, 0.1) is 6.92 Å². The Morgan fingerprint density at radius 3 is 1.90 bits per heavy atom. The number of benzene rings is 9. The van der Waals surface area contributed by atoms with Gasteiger partial charge in [-0.3, -0.25) is 0 Å². The molecule has 2 heteroatoms. The van der Waals surface area contributed by atoms with Gasteiger partial charge in [-0.2, -0.15) is 0 Å². The fourth-order valence-electron chi connectivity index (χ4n) is 9.23. The number of allylic oxidation sites excluding steroid dienone is 1. The number of rotatable bonds is 8. The lowest BCUT2D eigenvalue weighted by Crippen LogP contribution is -1.96. The maximum absolute atomic E-state index is 4.62. The molecule has 0 bridgehead atoms. The van der Waals surface area contributed by atoms with E-state index < -0.39 is 0 Å². The van der Waals surface area contributed by atoms with Crippen LogP contribution in [0.25, 0.3) is 97.7 Å². The minimum Gasteiger partial charge on any atom is -0.309 e. The number of hydrogen-bond acceptors (Lipinski definition) is 1. The van der Waals surface area contributed by atoms with Crippen molar-refractivity contribution in [3.63, 3.8) is 0 Å². The summed E-state index contributed by atoms with van der Waals surface area (Å²) in [7, 11) is 0. The first-order valence-corrected chi connectivity index (χ1v) is 21.5. The van der Waals surface area contributed by atoms with Gasteiger partial charge in [0.25, 0.3) is 0 Å². The predicted octanol–water partition coefficient (Wildman–Crippen LogP) is 16.4. The zero-order valence-corrected chi connectivity index (χ0v) is 34.2. The molecule has 0 unspecified atom stereocenters. The molecular weight excluding hydrogens is 743 g/mol. The third-order valence-corrected chi connectivity index (χ3v) is 13.3. The third kappa shape index (κ3) is 6.16. The largest absolute Gasteiger partial charge is 0.309 e. The van der Waals surface area contributed by atoms with E-state index in [2.05, 4.69) is 224 Å². The molecule has 9 aromatic carbocycles. The molecule has 284 valence electrons. The summed E-state index contributed by atoms with van der Waals surface area (Å²) in [6.07, 6.45) is 0.803. The van der Waals surface area contributed by atoms with Gasteiger partial charge in [0, 0.05) is 42.2 Å². The lowest BCUT2D eigenvalue weighted by atomic mass is 9.87. The third-order valence-electron chi connectivity index (χ3n) is 12.1. The number of thiophene rings is 1. The van der Waals surface area contributed by atoms with E-state index in [4.69, 9.17) is 0 Å². The highest BCUT2D eigenvalue weighted by molar-refractivity contribution is 7.26.